The van der Waals surface area contributed by atoms with E-state index in [0.717, 1.165) is 24.4 Å². The number of thiophene rings is 1. The first-order valence-corrected chi connectivity index (χ1v) is 8.46. The largest absolute Gasteiger partial charge is 0.328 e. The van der Waals surface area contributed by atoms with Gasteiger partial charge in [0.05, 0.1) is 5.02 Å². The highest BCUT2D eigenvalue weighted by Gasteiger charge is 2.23. The highest BCUT2D eigenvalue weighted by atomic mass is 35.5. The topological polar surface area (TPSA) is 29.3 Å². The lowest BCUT2D eigenvalue weighted by Crippen LogP contribution is -2.38. The predicted molar refractivity (Wildman–Crippen MR) is 88.5 cm³/mol. The van der Waals surface area contributed by atoms with Gasteiger partial charge in [0.2, 0.25) is 0 Å². The van der Waals surface area contributed by atoms with Gasteiger partial charge in [0.25, 0.3) is 0 Å². The highest BCUT2D eigenvalue weighted by molar-refractivity contribution is 7.19. The summed E-state index contributed by atoms with van der Waals surface area (Å²) in [4.78, 5) is 3.73. The van der Waals surface area contributed by atoms with Gasteiger partial charge >= 0.3 is 0 Å². The Kier molecular flexibility index (Phi) is 4.32. The van der Waals surface area contributed by atoms with Crippen LogP contribution in [0.5, 0.6) is 0 Å². The summed E-state index contributed by atoms with van der Waals surface area (Å²) in [5.74, 6) is 0. The van der Waals surface area contributed by atoms with Crippen molar-refractivity contribution >= 4 is 33.0 Å². The standard InChI is InChI=1S/C16H21ClN2S/c1-19(12-8-6-11(18)7-9-12)10-15-16(17)13-4-2-3-5-14(13)20-15/h2-5,11-12H,6-10,18H2,1H3. The second-order valence-electron chi connectivity index (χ2n) is 5.82. The number of hydrogen-bond acceptors (Lipinski definition) is 3. The molecule has 3 rings (SSSR count). The molecule has 4 heteroatoms. The summed E-state index contributed by atoms with van der Waals surface area (Å²) in [5.41, 5.74) is 5.99. The van der Waals surface area contributed by atoms with E-state index in [4.69, 9.17) is 17.3 Å². The fraction of sp³-hybridized carbons (Fsp3) is 0.500. The number of nitrogens with zero attached hydrogens (tertiary/aromatic N) is 1. The van der Waals surface area contributed by atoms with Crippen LogP contribution in [0.2, 0.25) is 5.02 Å². The van der Waals surface area contributed by atoms with Crippen LogP contribution in [0.25, 0.3) is 10.1 Å². The van der Waals surface area contributed by atoms with E-state index >= 15 is 0 Å². The first kappa shape index (κ1) is 14.3. The molecule has 1 saturated carbocycles. The van der Waals surface area contributed by atoms with Crippen LogP contribution < -0.4 is 5.73 Å². The van der Waals surface area contributed by atoms with Crippen molar-refractivity contribution in [2.24, 2.45) is 5.73 Å². The molecule has 0 unspecified atom stereocenters. The Bertz CT molecular complexity index is 587. The summed E-state index contributed by atoms with van der Waals surface area (Å²) in [7, 11) is 2.21. The van der Waals surface area contributed by atoms with Crippen molar-refractivity contribution in [2.45, 2.75) is 44.3 Å². The zero-order valence-electron chi connectivity index (χ0n) is 11.8. The van der Waals surface area contributed by atoms with Crippen molar-refractivity contribution in [1.82, 2.24) is 4.90 Å². The monoisotopic (exact) mass is 308 g/mol. The molecule has 2 N–H and O–H groups in total. The molecule has 2 nitrogen and oxygen atoms in total. The minimum absolute atomic E-state index is 0.410. The molecule has 0 amide bonds. The number of rotatable bonds is 3. The maximum Gasteiger partial charge on any atom is 0.0637 e. The summed E-state index contributed by atoms with van der Waals surface area (Å²) in [6.45, 7) is 0.943. The lowest BCUT2D eigenvalue weighted by Gasteiger charge is -2.33. The van der Waals surface area contributed by atoms with Gasteiger partial charge in [-0.25, -0.2) is 0 Å². The molecule has 1 aromatic carbocycles. The van der Waals surface area contributed by atoms with E-state index in [1.54, 1.807) is 0 Å². The van der Waals surface area contributed by atoms with E-state index in [-0.39, 0.29) is 0 Å². The lowest BCUT2D eigenvalue weighted by atomic mass is 9.91. The molecule has 0 aliphatic heterocycles. The van der Waals surface area contributed by atoms with E-state index < -0.39 is 0 Å². The number of nitrogens with two attached hydrogens (primary N) is 1. The van der Waals surface area contributed by atoms with E-state index in [1.165, 1.54) is 27.8 Å². The van der Waals surface area contributed by atoms with E-state index in [0.29, 0.717) is 12.1 Å². The smallest absolute Gasteiger partial charge is 0.0637 e. The summed E-state index contributed by atoms with van der Waals surface area (Å²) >= 11 is 8.35. The minimum Gasteiger partial charge on any atom is -0.328 e. The molecule has 0 spiro atoms. The summed E-state index contributed by atoms with van der Waals surface area (Å²) in [5, 5.41) is 2.12. The molecule has 0 atom stereocenters. The average molecular weight is 309 g/mol. The van der Waals surface area contributed by atoms with Gasteiger partial charge in [-0.15, -0.1) is 11.3 Å². The zero-order valence-corrected chi connectivity index (χ0v) is 13.4. The second kappa shape index (κ2) is 6.02. The number of hydrogen-bond donors (Lipinski definition) is 1. The molecule has 1 aliphatic carbocycles. The zero-order chi connectivity index (χ0) is 14.1. The number of halogens is 1. The Morgan fingerprint density at radius 1 is 1.25 bits per heavy atom. The third-order valence-corrected chi connectivity index (χ3v) is 6.06. The molecule has 1 aromatic heterocycles. The molecule has 0 bridgehead atoms. The average Bonchev–Trinajstić information content (AvgIpc) is 2.77. The van der Waals surface area contributed by atoms with Crippen molar-refractivity contribution in [3.8, 4) is 0 Å². The Morgan fingerprint density at radius 3 is 2.65 bits per heavy atom. The number of fused-ring (bicyclic) bond motifs is 1. The summed E-state index contributed by atoms with van der Waals surface area (Å²) in [6, 6.07) is 9.44. The molecule has 1 aliphatic rings. The van der Waals surface area contributed by atoms with E-state index in [9.17, 15) is 0 Å². The Labute approximate surface area is 129 Å². The van der Waals surface area contributed by atoms with E-state index in [2.05, 4.69) is 36.2 Å². The normalized spacial score (nSPS) is 23.6. The summed E-state index contributed by atoms with van der Waals surface area (Å²) < 4.78 is 1.28. The maximum absolute atomic E-state index is 6.53. The third kappa shape index (κ3) is 2.86. The Morgan fingerprint density at radius 2 is 1.95 bits per heavy atom. The molecule has 2 aromatic rings. The number of benzene rings is 1. The van der Waals surface area contributed by atoms with Crippen LogP contribution in [0.15, 0.2) is 24.3 Å². The van der Waals surface area contributed by atoms with Gasteiger partial charge in [-0.3, -0.25) is 4.90 Å². The van der Waals surface area contributed by atoms with Gasteiger partial charge in [-0.1, -0.05) is 29.8 Å². The molecule has 1 fully saturated rings. The maximum atomic E-state index is 6.53. The molecule has 108 valence electrons. The fourth-order valence-corrected chi connectivity index (χ4v) is 4.62. The van der Waals surface area contributed by atoms with Crippen molar-refractivity contribution in [2.75, 3.05) is 7.05 Å². The van der Waals surface area contributed by atoms with Crippen molar-refractivity contribution in [1.29, 1.82) is 0 Å². The van der Waals surface area contributed by atoms with Gasteiger partial charge in [-0.05, 0) is 38.8 Å². The van der Waals surface area contributed by atoms with Crippen LogP contribution in [0.3, 0.4) is 0 Å². The highest BCUT2D eigenvalue weighted by Crippen LogP contribution is 2.36. The van der Waals surface area contributed by atoms with Crippen molar-refractivity contribution in [3.63, 3.8) is 0 Å². The summed E-state index contributed by atoms with van der Waals surface area (Å²) in [6.07, 6.45) is 4.71. The first-order chi connectivity index (χ1) is 9.65. The third-order valence-electron chi connectivity index (χ3n) is 4.36. The van der Waals surface area contributed by atoms with Crippen LogP contribution in [0, 0.1) is 0 Å². The van der Waals surface area contributed by atoms with Crippen molar-refractivity contribution < 1.29 is 0 Å². The second-order valence-corrected chi connectivity index (χ2v) is 7.33. The Hall–Kier alpha value is -0.610. The predicted octanol–water partition coefficient (Wildman–Crippen LogP) is 4.26. The molecule has 20 heavy (non-hydrogen) atoms. The first-order valence-electron chi connectivity index (χ1n) is 7.27. The fourth-order valence-electron chi connectivity index (χ4n) is 3.06. The molecular weight excluding hydrogens is 288 g/mol. The van der Waals surface area contributed by atoms with Crippen LogP contribution in [-0.4, -0.2) is 24.0 Å². The Balaban J connectivity index is 1.74. The van der Waals surface area contributed by atoms with Gasteiger partial charge in [0.1, 0.15) is 0 Å². The van der Waals surface area contributed by atoms with Crippen LogP contribution in [0.1, 0.15) is 30.6 Å². The van der Waals surface area contributed by atoms with Crippen LogP contribution in [-0.2, 0) is 6.54 Å². The van der Waals surface area contributed by atoms with Crippen LogP contribution in [0.4, 0.5) is 0 Å². The lowest BCUT2D eigenvalue weighted by molar-refractivity contribution is 0.177. The molecule has 0 radical (unpaired) electrons. The quantitative estimate of drug-likeness (QED) is 0.918. The minimum atomic E-state index is 0.410. The molecular formula is C16H21ClN2S. The van der Waals surface area contributed by atoms with E-state index in [1.807, 2.05) is 11.3 Å². The van der Waals surface area contributed by atoms with Gasteiger partial charge < -0.3 is 5.73 Å². The van der Waals surface area contributed by atoms with Gasteiger partial charge in [-0.2, -0.15) is 0 Å². The molecule has 1 heterocycles. The van der Waals surface area contributed by atoms with Crippen molar-refractivity contribution in [3.05, 3.63) is 34.2 Å². The molecule has 0 saturated heterocycles. The van der Waals surface area contributed by atoms with Gasteiger partial charge in [0, 0.05) is 33.6 Å². The van der Waals surface area contributed by atoms with Crippen LogP contribution >= 0.6 is 22.9 Å². The SMILES string of the molecule is CN(Cc1sc2ccccc2c1Cl)C1CCC(N)CC1. The van der Waals surface area contributed by atoms with Gasteiger partial charge in [0.15, 0.2) is 0 Å².